The number of β-amino-alcohol motifs (C(OH)–C–C–N with tert-alkyl or cyclic N) is 1. The molecule has 1 unspecified atom stereocenters. The second kappa shape index (κ2) is 6.68. The third-order valence-electron chi connectivity index (χ3n) is 4.09. The fraction of sp³-hybridized carbons (Fsp3) is 0.529. The molecule has 23 heavy (non-hydrogen) atoms. The minimum absolute atomic E-state index is 0.114. The van der Waals surface area contributed by atoms with Gasteiger partial charge in [0.05, 0.1) is 0 Å². The predicted molar refractivity (Wildman–Crippen MR) is 83.9 cm³/mol. The Hall–Kier alpha value is -1.92. The first kappa shape index (κ1) is 17.4. The van der Waals surface area contributed by atoms with Crippen LogP contribution >= 0.6 is 0 Å². The Balaban J connectivity index is 1.91. The van der Waals surface area contributed by atoms with E-state index in [1.165, 1.54) is 0 Å². The van der Waals surface area contributed by atoms with Crippen molar-refractivity contribution in [3.8, 4) is 0 Å². The Kier molecular flexibility index (Phi) is 5.06. The molecule has 1 aromatic rings. The largest absolute Gasteiger partial charge is 0.480 e. The van der Waals surface area contributed by atoms with Gasteiger partial charge in [0.25, 0.3) is 0 Å². The fourth-order valence-corrected chi connectivity index (χ4v) is 2.59. The summed E-state index contributed by atoms with van der Waals surface area (Å²) < 4.78 is 5.45. The first-order chi connectivity index (χ1) is 10.7. The molecule has 0 spiro atoms. The number of aliphatic carboxylic acids is 1. The average molecular weight is 321 g/mol. The topological polar surface area (TPSA) is 95.9 Å². The van der Waals surface area contributed by atoms with Crippen LogP contribution < -0.4 is 5.32 Å². The maximum Gasteiger partial charge on any atom is 0.340 e. The number of carboxylic acids is 1. The standard InChI is InChI=1S/C17H23NO5/c1-16(2,9-8-12-6-4-3-5-7-12)23-15(21)17(22)10-13(14(19)20)18-11-17/h3-7,13,18,22H,8-11H2,1-2H3,(H,19,20)/t13-,17?/m1/s1. The first-order valence-electron chi connectivity index (χ1n) is 7.68. The number of aliphatic hydroxyl groups is 1. The minimum atomic E-state index is -1.78. The number of ether oxygens (including phenoxy) is 1. The van der Waals surface area contributed by atoms with Crippen molar-refractivity contribution >= 4 is 11.9 Å². The van der Waals surface area contributed by atoms with E-state index in [9.17, 15) is 14.7 Å². The van der Waals surface area contributed by atoms with Gasteiger partial charge in [0.1, 0.15) is 11.6 Å². The summed E-state index contributed by atoms with van der Waals surface area (Å²) in [5.41, 5.74) is -1.39. The Morgan fingerprint density at radius 3 is 2.57 bits per heavy atom. The molecule has 2 atom stereocenters. The van der Waals surface area contributed by atoms with Crippen LogP contribution in [0, 0.1) is 0 Å². The molecule has 1 heterocycles. The lowest BCUT2D eigenvalue weighted by molar-refractivity contribution is -0.177. The summed E-state index contributed by atoms with van der Waals surface area (Å²) in [6.45, 7) is 3.46. The number of carbonyl (C=O) groups excluding carboxylic acids is 1. The van der Waals surface area contributed by atoms with Crippen molar-refractivity contribution in [1.29, 1.82) is 0 Å². The van der Waals surface area contributed by atoms with Gasteiger partial charge < -0.3 is 20.3 Å². The predicted octanol–water partition coefficient (Wildman–Crippen LogP) is 1.12. The van der Waals surface area contributed by atoms with E-state index in [0.29, 0.717) is 6.42 Å². The number of benzene rings is 1. The molecular formula is C17H23NO5. The molecular weight excluding hydrogens is 298 g/mol. The van der Waals surface area contributed by atoms with E-state index in [0.717, 1.165) is 12.0 Å². The van der Waals surface area contributed by atoms with Crippen LogP contribution in [0.4, 0.5) is 0 Å². The van der Waals surface area contributed by atoms with Gasteiger partial charge in [0, 0.05) is 13.0 Å². The van der Waals surface area contributed by atoms with E-state index in [1.54, 1.807) is 13.8 Å². The van der Waals surface area contributed by atoms with E-state index < -0.39 is 29.2 Å². The summed E-state index contributed by atoms with van der Waals surface area (Å²) >= 11 is 0. The molecule has 6 nitrogen and oxygen atoms in total. The number of hydrogen-bond acceptors (Lipinski definition) is 5. The smallest absolute Gasteiger partial charge is 0.340 e. The molecule has 0 aromatic heterocycles. The number of rotatable bonds is 6. The summed E-state index contributed by atoms with van der Waals surface area (Å²) in [5.74, 6) is -1.86. The molecule has 0 aliphatic carbocycles. The van der Waals surface area contributed by atoms with Crippen LogP contribution in [0.25, 0.3) is 0 Å². The maximum atomic E-state index is 12.3. The lowest BCUT2D eigenvalue weighted by Crippen LogP contribution is -2.46. The zero-order chi connectivity index (χ0) is 17.1. The number of hydrogen-bond donors (Lipinski definition) is 3. The minimum Gasteiger partial charge on any atom is -0.480 e. The highest BCUT2D eigenvalue weighted by atomic mass is 16.6. The number of carboxylic acid groups (broad SMARTS) is 1. The van der Waals surface area contributed by atoms with Crippen LogP contribution in [0.2, 0.25) is 0 Å². The van der Waals surface area contributed by atoms with E-state index in [1.807, 2.05) is 30.3 Å². The second-order valence-electron chi connectivity index (χ2n) is 6.64. The Bertz CT molecular complexity index is 572. The Morgan fingerprint density at radius 1 is 1.35 bits per heavy atom. The zero-order valence-electron chi connectivity index (χ0n) is 13.4. The fourth-order valence-electron chi connectivity index (χ4n) is 2.59. The van der Waals surface area contributed by atoms with Crippen molar-refractivity contribution in [3.05, 3.63) is 35.9 Å². The lowest BCUT2D eigenvalue weighted by Gasteiger charge is -2.29. The van der Waals surface area contributed by atoms with Gasteiger partial charge in [-0.15, -0.1) is 0 Å². The van der Waals surface area contributed by atoms with E-state index in [2.05, 4.69) is 5.32 Å². The Morgan fingerprint density at radius 2 is 2.00 bits per heavy atom. The summed E-state index contributed by atoms with van der Waals surface area (Å²) in [5, 5.41) is 21.9. The van der Waals surface area contributed by atoms with Crippen LogP contribution in [-0.2, 0) is 20.7 Å². The summed E-state index contributed by atoms with van der Waals surface area (Å²) in [4.78, 5) is 23.2. The quantitative estimate of drug-likeness (QED) is 0.680. The molecule has 126 valence electrons. The van der Waals surface area contributed by atoms with Crippen molar-refractivity contribution in [2.75, 3.05) is 6.54 Å². The van der Waals surface area contributed by atoms with Gasteiger partial charge in [-0.2, -0.15) is 0 Å². The number of carbonyl (C=O) groups is 2. The third-order valence-corrected chi connectivity index (χ3v) is 4.09. The molecule has 3 N–H and O–H groups in total. The van der Waals surface area contributed by atoms with Crippen molar-refractivity contribution in [2.24, 2.45) is 0 Å². The van der Waals surface area contributed by atoms with Crippen molar-refractivity contribution in [1.82, 2.24) is 5.32 Å². The molecule has 0 bridgehead atoms. The highest BCUT2D eigenvalue weighted by molar-refractivity contribution is 5.83. The van der Waals surface area contributed by atoms with Crippen LogP contribution in [0.5, 0.6) is 0 Å². The molecule has 6 heteroatoms. The molecule has 2 rings (SSSR count). The zero-order valence-corrected chi connectivity index (χ0v) is 13.4. The molecule has 1 saturated heterocycles. The molecule has 1 aromatic carbocycles. The van der Waals surface area contributed by atoms with E-state index >= 15 is 0 Å². The molecule has 1 fully saturated rings. The van der Waals surface area contributed by atoms with Crippen LogP contribution in [0.3, 0.4) is 0 Å². The van der Waals surface area contributed by atoms with E-state index in [4.69, 9.17) is 9.84 Å². The normalized spacial score (nSPS) is 24.4. The summed E-state index contributed by atoms with van der Waals surface area (Å²) in [6, 6.07) is 8.92. The third kappa shape index (κ3) is 4.53. The second-order valence-corrected chi connectivity index (χ2v) is 6.64. The molecule has 1 aliphatic rings. The van der Waals surface area contributed by atoms with Gasteiger partial charge >= 0.3 is 11.9 Å². The van der Waals surface area contributed by atoms with Gasteiger partial charge in [-0.3, -0.25) is 4.79 Å². The van der Waals surface area contributed by atoms with Crippen LogP contribution in [0.1, 0.15) is 32.3 Å². The molecule has 0 amide bonds. The van der Waals surface area contributed by atoms with E-state index in [-0.39, 0.29) is 13.0 Å². The summed E-state index contributed by atoms with van der Waals surface area (Å²) in [7, 11) is 0. The number of aryl methyl sites for hydroxylation is 1. The average Bonchev–Trinajstić information content (AvgIpc) is 2.90. The van der Waals surface area contributed by atoms with Gasteiger partial charge in [-0.1, -0.05) is 30.3 Å². The van der Waals surface area contributed by atoms with Crippen LogP contribution in [0.15, 0.2) is 30.3 Å². The van der Waals surface area contributed by atoms with Crippen molar-refractivity contribution in [3.63, 3.8) is 0 Å². The van der Waals surface area contributed by atoms with Crippen LogP contribution in [-0.4, -0.2) is 45.9 Å². The van der Waals surface area contributed by atoms with Gasteiger partial charge in [0.2, 0.25) is 0 Å². The molecule has 0 saturated carbocycles. The highest BCUT2D eigenvalue weighted by Crippen LogP contribution is 2.26. The van der Waals surface area contributed by atoms with Gasteiger partial charge in [-0.25, -0.2) is 4.79 Å². The molecule has 0 radical (unpaired) electrons. The summed E-state index contributed by atoms with van der Waals surface area (Å²) in [6.07, 6.45) is 1.17. The number of esters is 1. The van der Waals surface area contributed by atoms with Gasteiger partial charge in [0.15, 0.2) is 5.60 Å². The number of nitrogens with one attached hydrogen (secondary N) is 1. The maximum absolute atomic E-state index is 12.3. The molecule has 1 aliphatic heterocycles. The monoisotopic (exact) mass is 321 g/mol. The van der Waals surface area contributed by atoms with Crippen molar-refractivity contribution in [2.45, 2.75) is 50.4 Å². The SMILES string of the molecule is CC(C)(CCc1ccccc1)OC(=O)C1(O)CN[C@@H](C(=O)O)C1. The van der Waals surface area contributed by atoms with Gasteiger partial charge in [-0.05, 0) is 32.3 Å². The van der Waals surface area contributed by atoms with Crippen molar-refractivity contribution < 1.29 is 24.5 Å². The Labute approximate surface area is 135 Å². The first-order valence-corrected chi connectivity index (χ1v) is 7.68. The highest BCUT2D eigenvalue weighted by Gasteiger charge is 2.48. The lowest BCUT2D eigenvalue weighted by atomic mass is 9.96.